The highest BCUT2D eigenvalue weighted by Gasteiger charge is 2.43. The van der Waals surface area contributed by atoms with Crippen LogP contribution < -0.4 is 4.90 Å². The van der Waals surface area contributed by atoms with E-state index in [0.717, 1.165) is 18.5 Å². The van der Waals surface area contributed by atoms with Gasteiger partial charge in [0.2, 0.25) is 0 Å². The second kappa shape index (κ2) is 5.12. The molecule has 0 aromatic carbocycles. The van der Waals surface area contributed by atoms with Gasteiger partial charge in [0.1, 0.15) is 11.9 Å². The SMILES string of the molecule is Cc1cc(C#N)cc(N2CCCC(C)(C)C2C(=O)O)n1. The van der Waals surface area contributed by atoms with E-state index in [-0.39, 0.29) is 5.41 Å². The number of nitrogens with zero attached hydrogens (tertiary/aromatic N) is 3. The van der Waals surface area contributed by atoms with Gasteiger partial charge in [0.15, 0.2) is 0 Å². The molecule has 0 bridgehead atoms. The van der Waals surface area contributed by atoms with Crippen LogP contribution in [0.15, 0.2) is 12.1 Å². The first-order chi connectivity index (χ1) is 9.35. The molecule has 2 heterocycles. The summed E-state index contributed by atoms with van der Waals surface area (Å²) in [7, 11) is 0. The third-order valence-electron chi connectivity index (χ3n) is 3.87. The number of hydrogen-bond donors (Lipinski definition) is 1. The third-order valence-corrected chi connectivity index (χ3v) is 3.87. The molecule has 20 heavy (non-hydrogen) atoms. The maximum Gasteiger partial charge on any atom is 0.326 e. The number of carboxylic acid groups (broad SMARTS) is 1. The maximum atomic E-state index is 11.7. The van der Waals surface area contributed by atoms with Crippen molar-refractivity contribution < 1.29 is 9.90 Å². The van der Waals surface area contributed by atoms with Crippen LogP contribution in [0.3, 0.4) is 0 Å². The zero-order chi connectivity index (χ0) is 14.9. The number of aromatic nitrogens is 1. The zero-order valence-corrected chi connectivity index (χ0v) is 12.1. The van der Waals surface area contributed by atoms with Crippen LogP contribution in [0.1, 0.15) is 37.9 Å². The molecule has 106 valence electrons. The van der Waals surface area contributed by atoms with Crippen molar-refractivity contribution in [2.75, 3.05) is 11.4 Å². The maximum absolute atomic E-state index is 11.7. The number of piperidine rings is 1. The highest BCUT2D eigenvalue weighted by Crippen LogP contribution is 2.37. The van der Waals surface area contributed by atoms with Crippen LogP contribution in [0.5, 0.6) is 0 Å². The van der Waals surface area contributed by atoms with Gasteiger partial charge in [-0.3, -0.25) is 0 Å². The van der Waals surface area contributed by atoms with Crippen molar-refractivity contribution >= 4 is 11.8 Å². The van der Waals surface area contributed by atoms with Crippen molar-refractivity contribution in [2.45, 2.75) is 39.7 Å². The largest absolute Gasteiger partial charge is 0.480 e. The highest BCUT2D eigenvalue weighted by molar-refractivity contribution is 5.79. The number of carbonyl (C=O) groups is 1. The molecule has 1 N–H and O–H groups in total. The first-order valence-corrected chi connectivity index (χ1v) is 6.73. The summed E-state index contributed by atoms with van der Waals surface area (Å²) in [5.74, 6) is -0.252. The average Bonchev–Trinajstić information content (AvgIpc) is 2.35. The molecule has 5 nitrogen and oxygen atoms in total. The number of anilines is 1. The molecule has 1 aliphatic rings. The number of aryl methyl sites for hydroxylation is 1. The minimum absolute atomic E-state index is 0.317. The predicted octanol–water partition coefficient (Wildman–Crippen LogP) is 2.34. The lowest BCUT2D eigenvalue weighted by molar-refractivity contribution is -0.142. The normalized spacial score (nSPS) is 21.3. The third kappa shape index (κ3) is 2.60. The molecule has 1 aromatic rings. The van der Waals surface area contributed by atoms with Crippen molar-refractivity contribution in [2.24, 2.45) is 5.41 Å². The second-order valence-corrected chi connectivity index (χ2v) is 5.99. The first-order valence-electron chi connectivity index (χ1n) is 6.73. The Morgan fingerprint density at radius 3 is 2.85 bits per heavy atom. The summed E-state index contributed by atoms with van der Waals surface area (Å²) in [5, 5.41) is 18.6. The lowest BCUT2D eigenvalue weighted by Crippen LogP contribution is -2.54. The van der Waals surface area contributed by atoms with Gasteiger partial charge in [-0.1, -0.05) is 13.8 Å². The zero-order valence-electron chi connectivity index (χ0n) is 12.1. The molecule has 0 saturated carbocycles. The number of rotatable bonds is 2. The summed E-state index contributed by atoms with van der Waals surface area (Å²) in [4.78, 5) is 17.9. The molecular formula is C15H19N3O2. The van der Waals surface area contributed by atoms with E-state index >= 15 is 0 Å². The van der Waals surface area contributed by atoms with Crippen molar-refractivity contribution in [1.82, 2.24) is 4.98 Å². The van der Waals surface area contributed by atoms with Gasteiger partial charge in [-0.15, -0.1) is 0 Å². The molecule has 1 aromatic heterocycles. The Hall–Kier alpha value is -2.09. The van der Waals surface area contributed by atoms with Crippen molar-refractivity contribution in [1.29, 1.82) is 5.26 Å². The van der Waals surface area contributed by atoms with E-state index in [1.54, 1.807) is 12.1 Å². The van der Waals surface area contributed by atoms with Crippen LogP contribution in [0, 0.1) is 23.7 Å². The minimum atomic E-state index is -0.837. The molecule has 0 spiro atoms. The average molecular weight is 273 g/mol. The van der Waals surface area contributed by atoms with E-state index in [1.807, 2.05) is 25.7 Å². The number of hydrogen-bond acceptors (Lipinski definition) is 4. The summed E-state index contributed by atoms with van der Waals surface area (Å²) in [6.07, 6.45) is 1.80. The van der Waals surface area contributed by atoms with Crippen LogP contribution in [0.25, 0.3) is 0 Å². The Kier molecular flexibility index (Phi) is 3.67. The van der Waals surface area contributed by atoms with Gasteiger partial charge < -0.3 is 10.0 Å². The quantitative estimate of drug-likeness (QED) is 0.895. The van der Waals surface area contributed by atoms with Gasteiger partial charge in [-0.25, -0.2) is 9.78 Å². The van der Waals surface area contributed by atoms with E-state index in [9.17, 15) is 9.90 Å². The number of carboxylic acids is 1. The summed E-state index contributed by atoms with van der Waals surface area (Å²) < 4.78 is 0. The van der Waals surface area contributed by atoms with Crippen molar-refractivity contribution in [3.05, 3.63) is 23.4 Å². The molecule has 1 aliphatic heterocycles. The van der Waals surface area contributed by atoms with Gasteiger partial charge in [-0.2, -0.15) is 5.26 Å². The summed E-state index contributed by atoms with van der Waals surface area (Å²) in [6, 6.07) is 4.86. The number of pyridine rings is 1. The summed E-state index contributed by atoms with van der Waals surface area (Å²) in [6.45, 7) is 6.41. The van der Waals surface area contributed by atoms with E-state index in [4.69, 9.17) is 5.26 Å². The Morgan fingerprint density at radius 2 is 2.25 bits per heavy atom. The second-order valence-electron chi connectivity index (χ2n) is 5.99. The molecule has 1 atom stereocenters. The molecular weight excluding hydrogens is 254 g/mol. The van der Waals surface area contributed by atoms with Crippen LogP contribution in [0.4, 0.5) is 5.82 Å². The molecule has 0 radical (unpaired) electrons. The topological polar surface area (TPSA) is 77.2 Å². The van der Waals surface area contributed by atoms with Gasteiger partial charge in [0.05, 0.1) is 11.6 Å². The molecule has 1 fully saturated rings. The molecule has 2 rings (SSSR count). The van der Waals surface area contributed by atoms with Crippen LogP contribution in [-0.4, -0.2) is 28.6 Å². The Labute approximate surface area is 118 Å². The lowest BCUT2D eigenvalue weighted by Gasteiger charge is -2.44. The van der Waals surface area contributed by atoms with Crippen molar-refractivity contribution in [3.63, 3.8) is 0 Å². The van der Waals surface area contributed by atoms with Gasteiger partial charge >= 0.3 is 5.97 Å². The van der Waals surface area contributed by atoms with Crippen LogP contribution in [0.2, 0.25) is 0 Å². The molecule has 1 unspecified atom stereocenters. The van der Waals surface area contributed by atoms with Crippen LogP contribution >= 0.6 is 0 Å². The van der Waals surface area contributed by atoms with Crippen molar-refractivity contribution in [3.8, 4) is 6.07 Å². The van der Waals surface area contributed by atoms with Crippen LogP contribution in [-0.2, 0) is 4.79 Å². The van der Waals surface area contributed by atoms with Gasteiger partial charge in [-0.05, 0) is 37.3 Å². The monoisotopic (exact) mass is 273 g/mol. The van der Waals surface area contributed by atoms with Gasteiger partial charge in [0.25, 0.3) is 0 Å². The first kappa shape index (κ1) is 14.3. The Bertz CT molecular complexity index is 575. The van der Waals surface area contributed by atoms with E-state index in [2.05, 4.69) is 11.1 Å². The van der Waals surface area contributed by atoms with E-state index in [0.29, 0.717) is 17.9 Å². The van der Waals surface area contributed by atoms with Gasteiger partial charge in [0, 0.05) is 12.2 Å². The Morgan fingerprint density at radius 1 is 1.55 bits per heavy atom. The fraction of sp³-hybridized carbons (Fsp3) is 0.533. The predicted molar refractivity (Wildman–Crippen MR) is 75.5 cm³/mol. The van der Waals surface area contributed by atoms with E-state index < -0.39 is 12.0 Å². The van der Waals surface area contributed by atoms with E-state index in [1.165, 1.54) is 0 Å². The fourth-order valence-corrected chi connectivity index (χ4v) is 2.97. The summed E-state index contributed by atoms with van der Waals surface area (Å²) >= 11 is 0. The standard InChI is InChI=1S/C15H19N3O2/c1-10-7-11(9-16)8-12(17-10)18-6-4-5-15(2,3)13(18)14(19)20/h7-8,13H,4-6H2,1-3H3,(H,19,20). The molecule has 5 heteroatoms. The Balaban J connectivity index is 2.47. The summed E-state index contributed by atoms with van der Waals surface area (Å²) in [5.41, 5.74) is 0.925. The molecule has 1 saturated heterocycles. The number of aliphatic carboxylic acids is 1. The fourth-order valence-electron chi connectivity index (χ4n) is 2.97. The minimum Gasteiger partial charge on any atom is -0.480 e. The number of nitriles is 1. The lowest BCUT2D eigenvalue weighted by atomic mass is 9.76. The molecule has 0 aliphatic carbocycles. The molecule has 0 amide bonds. The smallest absolute Gasteiger partial charge is 0.326 e. The highest BCUT2D eigenvalue weighted by atomic mass is 16.4.